The minimum atomic E-state index is 0.973. The molecule has 1 aliphatic heterocycles. The molecule has 0 amide bonds. The van der Waals surface area contributed by atoms with E-state index in [2.05, 4.69) is 49.1 Å². The van der Waals surface area contributed by atoms with E-state index in [0.717, 1.165) is 43.1 Å². The molecule has 0 saturated carbocycles. The molecule has 0 bridgehead atoms. The number of hydrogen-bond donors (Lipinski definition) is 1. The van der Waals surface area contributed by atoms with Gasteiger partial charge in [-0.25, -0.2) is 4.98 Å². The smallest absolute Gasteiger partial charge is 0.137 e. The molecule has 1 saturated heterocycles. The molecule has 4 heterocycles. The van der Waals surface area contributed by atoms with Crippen LogP contribution >= 0.6 is 0 Å². The van der Waals surface area contributed by atoms with Gasteiger partial charge in [0.2, 0.25) is 0 Å². The molecule has 0 spiro atoms. The second kappa shape index (κ2) is 5.18. The van der Waals surface area contributed by atoms with Crippen molar-refractivity contribution in [1.29, 1.82) is 0 Å². The Bertz CT molecular complexity index is 744. The Balaban J connectivity index is 1.71. The average Bonchev–Trinajstić information content (AvgIpc) is 2.99. The van der Waals surface area contributed by atoms with Crippen molar-refractivity contribution in [2.75, 3.05) is 31.1 Å². The molecular formula is C16H17N5. The fraction of sp³-hybridized carbons (Fsp3) is 0.250. The highest BCUT2D eigenvalue weighted by Crippen LogP contribution is 2.21. The van der Waals surface area contributed by atoms with Crippen molar-refractivity contribution in [3.05, 3.63) is 49.1 Å². The lowest BCUT2D eigenvalue weighted by molar-refractivity contribution is 0.588. The van der Waals surface area contributed by atoms with Gasteiger partial charge in [-0.15, -0.1) is 0 Å². The summed E-state index contributed by atoms with van der Waals surface area (Å²) >= 11 is 0. The number of nitrogens with one attached hydrogen (secondary N) is 1. The van der Waals surface area contributed by atoms with Crippen molar-refractivity contribution >= 4 is 11.3 Å². The maximum Gasteiger partial charge on any atom is 0.137 e. The van der Waals surface area contributed by atoms with E-state index in [9.17, 15) is 0 Å². The summed E-state index contributed by atoms with van der Waals surface area (Å²) in [4.78, 5) is 11.1. The number of rotatable bonds is 2. The van der Waals surface area contributed by atoms with Crippen molar-refractivity contribution in [2.24, 2.45) is 0 Å². The van der Waals surface area contributed by atoms with Crippen LogP contribution in [-0.4, -0.2) is 40.5 Å². The topological polar surface area (TPSA) is 45.5 Å². The van der Waals surface area contributed by atoms with Crippen molar-refractivity contribution in [1.82, 2.24) is 19.7 Å². The fourth-order valence-electron chi connectivity index (χ4n) is 2.75. The minimum Gasteiger partial charge on any atom is -0.368 e. The summed E-state index contributed by atoms with van der Waals surface area (Å²) in [6.45, 7) is 4.20. The second-order valence-electron chi connectivity index (χ2n) is 5.25. The number of aromatic nitrogens is 3. The van der Waals surface area contributed by atoms with Gasteiger partial charge in [0.05, 0.1) is 11.4 Å². The van der Waals surface area contributed by atoms with Gasteiger partial charge in [-0.3, -0.25) is 4.98 Å². The fourth-order valence-corrected chi connectivity index (χ4v) is 2.75. The molecule has 3 aromatic rings. The van der Waals surface area contributed by atoms with Crippen molar-refractivity contribution in [3.8, 4) is 11.3 Å². The van der Waals surface area contributed by atoms with Crippen molar-refractivity contribution in [3.63, 3.8) is 0 Å². The number of fused-ring (bicyclic) bond motifs is 1. The third-order valence-electron chi connectivity index (χ3n) is 3.89. The third kappa shape index (κ3) is 2.36. The van der Waals surface area contributed by atoms with E-state index >= 15 is 0 Å². The molecule has 0 atom stereocenters. The first-order valence-electron chi connectivity index (χ1n) is 7.25. The molecule has 5 nitrogen and oxygen atoms in total. The van der Waals surface area contributed by atoms with Gasteiger partial charge < -0.3 is 14.6 Å². The molecule has 4 rings (SSSR count). The van der Waals surface area contributed by atoms with Crippen LogP contribution in [0.15, 0.2) is 49.1 Å². The summed E-state index contributed by atoms with van der Waals surface area (Å²) in [6.07, 6.45) is 7.84. The standard InChI is InChI=1S/C16H17N5/c1-2-16-19-15(13-3-5-17-6-4-13)12-21(16)11-14(1)20-9-7-18-8-10-20/h1-6,11-12,18H,7-10H2. The molecule has 1 fully saturated rings. The number of hydrogen-bond acceptors (Lipinski definition) is 4. The average molecular weight is 279 g/mol. The summed E-state index contributed by atoms with van der Waals surface area (Å²) in [5, 5.41) is 3.38. The summed E-state index contributed by atoms with van der Waals surface area (Å²) in [5.74, 6) is 0. The summed E-state index contributed by atoms with van der Waals surface area (Å²) in [7, 11) is 0. The zero-order valence-corrected chi connectivity index (χ0v) is 11.7. The molecule has 21 heavy (non-hydrogen) atoms. The summed E-state index contributed by atoms with van der Waals surface area (Å²) in [5.41, 5.74) is 4.30. The summed E-state index contributed by atoms with van der Waals surface area (Å²) in [6, 6.07) is 8.21. The molecule has 0 unspecified atom stereocenters. The highest BCUT2D eigenvalue weighted by molar-refractivity contribution is 5.63. The van der Waals surface area contributed by atoms with Gasteiger partial charge in [0, 0.05) is 56.5 Å². The van der Waals surface area contributed by atoms with E-state index in [1.807, 2.05) is 12.1 Å². The van der Waals surface area contributed by atoms with E-state index in [1.54, 1.807) is 12.4 Å². The highest BCUT2D eigenvalue weighted by atomic mass is 15.2. The van der Waals surface area contributed by atoms with Crippen LogP contribution in [0.4, 0.5) is 5.69 Å². The number of piperazine rings is 1. The molecule has 0 aliphatic carbocycles. The Morgan fingerprint density at radius 1 is 0.952 bits per heavy atom. The van der Waals surface area contributed by atoms with Crippen LogP contribution in [0.1, 0.15) is 0 Å². The molecule has 106 valence electrons. The number of pyridine rings is 2. The molecular weight excluding hydrogens is 262 g/mol. The van der Waals surface area contributed by atoms with Crippen LogP contribution in [0.3, 0.4) is 0 Å². The maximum atomic E-state index is 4.67. The SMILES string of the molecule is c1cc(-c2cn3cc(N4CCNCC4)ccc3n2)ccn1. The zero-order chi connectivity index (χ0) is 14.1. The van der Waals surface area contributed by atoms with E-state index in [0.29, 0.717) is 0 Å². The molecule has 5 heteroatoms. The molecule has 3 aromatic heterocycles. The van der Waals surface area contributed by atoms with Crippen LogP contribution in [-0.2, 0) is 0 Å². The molecule has 1 N–H and O–H groups in total. The molecule has 0 aromatic carbocycles. The molecule has 1 aliphatic rings. The van der Waals surface area contributed by atoms with Gasteiger partial charge in [0.1, 0.15) is 5.65 Å². The van der Waals surface area contributed by atoms with E-state index in [4.69, 9.17) is 0 Å². The first-order valence-corrected chi connectivity index (χ1v) is 7.25. The van der Waals surface area contributed by atoms with E-state index < -0.39 is 0 Å². The second-order valence-corrected chi connectivity index (χ2v) is 5.25. The Kier molecular flexibility index (Phi) is 3.05. The lowest BCUT2D eigenvalue weighted by Crippen LogP contribution is -2.43. The van der Waals surface area contributed by atoms with Crippen molar-refractivity contribution < 1.29 is 0 Å². The monoisotopic (exact) mass is 279 g/mol. The Morgan fingerprint density at radius 3 is 2.57 bits per heavy atom. The predicted molar refractivity (Wildman–Crippen MR) is 83.5 cm³/mol. The third-order valence-corrected chi connectivity index (χ3v) is 3.89. The number of anilines is 1. The van der Waals surface area contributed by atoms with Crippen LogP contribution in [0, 0.1) is 0 Å². The Labute approximate surface area is 123 Å². The van der Waals surface area contributed by atoms with Crippen LogP contribution in [0.2, 0.25) is 0 Å². The lowest BCUT2D eigenvalue weighted by Gasteiger charge is -2.29. The first kappa shape index (κ1) is 12.3. The first-order chi connectivity index (χ1) is 10.4. The van der Waals surface area contributed by atoms with Gasteiger partial charge in [0.15, 0.2) is 0 Å². The van der Waals surface area contributed by atoms with Crippen LogP contribution in [0.5, 0.6) is 0 Å². The van der Waals surface area contributed by atoms with Gasteiger partial charge in [0.25, 0.3) is 0 Å². The number of nitrogens with zero attached hydrogens (tertiary/aromatic N) is 4. The van der Waals surface area contributed by atoms with Gasteiger partial charge in [-0.1, -0.05) is 0 Å². The van der Waals surface area contributed by atoms with Gasteiger partial charge >= 0.3 is 0 Å². The van der Waals surface area contributed by atoms with Crippen LogP contribution < -0.4 is 10.2 Å². The zero-order valence-electron chi connectivity index (χ0n) is 11.7. The van der Waals surface area contributed by atoms with Crippen LogP contribution in [0.25, 0.3) is 16.9 Å². The largest absolute Gasteiger partial charge is 0.368 e. The Hall–Kier alpha value is -2.40. The summed E-state index contributed by atoms with van der Waals surface area (Å²) < 4.78 is 2.10. The van der Waals surface area contributed by atoms with Gasteiger partial charge in [-0.05, 0) is 24.3 Å². The number of imidazole rings is 1. The lowest BCUT2D eigenvalue weighted by atomic mass is 10.2. The Morgan fingerprint density at radius 2 is 1.76 bits per heavy atom. The maximum absolute atomic E-state index is 4.67. The normalized spacial score (nSPS) is 15.5. The highest BCUT2D eigenvalue weighted by Gasteiger charge is 2.11. The van der Waals surface area contributed by atoms with E-state index in [1.165, 1.54) is 5.69 Å². The quantitative estimate of drug-likeness (QED) is 0.777. The van der Waals surface area contributed by atoms with Gasteiger partial charge in [-0.2, -0.15) is 0 Å². The molecule has 0 radical (unpaired) electrons. The minimum absolute atomic E-state index is 0.973. The predicted octanol–water partition coefficient (Wildman–Crippen LogP) is 1.81. The van der Waals surface area contributed by atoms with Crippen molar-refractivity contribution in [2.45, 2.75) is 0 Å². The van der Waals surface area contributed by atoms with E-state index in [-0.39, 0.29) is 0 Å².